The zero-order valence-electron chi connectivity index (χ0n) is 9.98. The monoisotopic (exact) mass is 235 g/mol. The minimum atomic E-state index is 0.206. The van der Waals surface area contributed by atoms with Gasteiger partial charge in [0.25, 0.3) is 0 Å². The number of nitrogens with one attached hydrogen (secondary N) is 1. The second-order valence-corrected chi connectivity index (χ2v) is 5.19. The first-order valence-electron chi connectivity index (χ1n) is 6.29. The third-order valence-electron chi connectivity index (χ3n) is 3.83. The van der Waals surface area contributed by atoms with Crippen molar-refractivity contribution in [3.63, 3.8) is 0 Å². The molecule has 17 heavy (non-hydrogen) atoms. The summed E-state index contributed by atoms with van der Waals surface area (Å²) in [6.07, 6.45) is 4.18. The molecule has 5 heteroatoms. The van der Waals surface area contributed by atoms with Crippen LogP contribution in [0.5, 0.6) is 0 Å². The van der Waals surface area contributed by atoms with Crippen LogP contribution in [0, 0.1) is 24.7 Å². The summed E-state index contributed by atoms with van der Waals surface area (Å²) in [6.45, 7) is 2.36. The maximum Gasteiger partial charge on any atom is 0.223 e. The smallest absolute Gasteiger partial charge is 0.223 e. The molecule has 0 radical (unpaired) electrons. The first-order valence-corrected chi connectivity index (χ1v) is 6.29. The van der Waals surface area contributed by atoms with Gasteiger partial charge in [0.1, 0.15) is 0 Å². The average molecular weight is 235 g/mol. The molecular formula is C12H17N3O2. The van der Waals surface area contributed by atoms with Crippen LogP contribution in [0.4, 0.5) is 0 Å². The van der Waals surface area contributed by atoms with E-state index in [4.69, 9.17) is 4.52 Å². The fraction of sp³-hybridized carbons (Fsp3) is 0.750. The highest BCUT2D eigenvalue weighted by molar-refractivity contribution is 5.79. The second-order valence-electron chi connectivity index (χ2n) is 5.19. The predicted octanol–water partition coefficient (Wildman–Crippen LogP) is 1.08. The minimum absolute atomic E-state index is 0.206. The van der Waals surface area contributed by atoms with Crippen molar-refractivity contribution < 1.29 is 9.32 Å². The Morgan fingerprint density at radius 2 is 2.18 bits per heavy atom. The largest absolute Gasteiger partial charge is 0.355 e. The Morgan fingerprint density at radius 1 is 1.41 bits per heavy atom. The molecule has 3 rings (SSSR count). The fourth-order valence-electron chi connectivity index (χ4n) is 2.81. The van der Waals surface area contributed by atoms with Crippen LogP contribution in [-0.4, -0.2) is 22.6 Å². The van der Waals surface area contributed by atoms with Gasteiger partial charge in [-0.05, 0) is 31.1 Å². The predicted molar refractivity (Wildman–Crippen MR) is 60.1 cm³/mol. The Kier molecular flexibility index (Phi) is 2.61. The molecule has 2 saturated carbocycles. The molecule has 92 valence electrons. The van der Waals surface area contributed by atoms with E-state index >= 15 is 0 Å². The summed E-state index contributed by atoms with van der Waals surface area (Å²) in [5, 5.41) is 6.75. The Hall–Kier alpha value is -1.39. The Balaban J connectivity index is 1.40. The normalized spacial score (nSPS) is 30.1. The molecule has 2 atom stereocenters. The van der Waals surface area contributed by atoms with Gasteiger partial charge in [-0.1, -0.05) is 5.16 Å². The zero-order valence-corrected chi connectivity index (χ0v) is 9.98. The second kappa shape index (κ2) is 4.13. The number of carbonyl (C=O) groups excluding carboxylic acids is 1. The van der Waals surface area contributed by atoms with Crippen molar-refractivity contribution >= 4 is 5.91 Å². The molecular weight excluding hydrogens is 218 g/mol. The maximum absolute atomic E-state index is 11.8. The van der Waals surface area contributed by atoms with E-state index in [1.54, 1.807) is 6.92 Å². The van der Waals surface area contributed by atoms with E-state index in [0.29, 0.717) is 24.7 Å². The molecule has 0 bridgehead atoms. The molecule has 0 saturated heterocycles. The Labute approximate surface area is 100.0 Å². The standard InChI is InChI=1S/C12H17N3O2/c1-7-14-11(15-17-7)2-3-13-12(16)10-5-8-4-9(8)6-10/h8-10H,2-6H2,1H3,(H,13,16). The van der Waals surface area contributed by atoms with E-state index in [1.165, 1.54) is 6.42 Å². The van der Waals surface area contributed by atoms with Crippen molar-refractivity contribution in [2.75, 3.05) is 6.54 Å². The topological polar surface area (TPSA) is 68.0 Å². The molecule has 2 aliphatic rings. The summed E-state index contributed by atoms with van der Waals surface area (Å²) in [5.41, 5.74) is 0. The number of nitrogens with zero attached hydrogens (tertiary/aromatic N) is 2. The summed E-state index contributed by atoms with van der Waals surface area (Å²) < 4.78 is 4.87. The lowest BCUT2D eigenvalue weighted by Crippen LogP contribution is -2.31. The Bertz CT molecular complexity index is 419. The zero-order chi connectivity index (χ0) is 11.8. The van der Waals surface area contributed by atoms with Gasteiger partial charge in [0.2, 0.25) is 11.8 Å². The minimum Gasteiger partial charge on any atom is -0.355 e. The molecule has 2 aliphatic carbocycles. The van der Waals surface area contributed by atoms with Crippen LogP contribution in [0.25, 0.3) is 0 Å². The third-order valence-corrected chi connectivity index (χ3v) is 3.83. The van der Waals surface area contributed by atoms with Gasteiger partial charge in [-0.15, -0.1) is 0 Å². The number of aryl methyl sites for hydroxylation is 1. The summed E-state index contributed by atoms with van der Waals surface area (Å²) in [6, 6.07) is 0. The number of hydrogen-bond donors (Lipinski definition) is 1. The molecule has 1 aromatic rings. The molecule has 0 aliphatic heterocycles. The number of amides is 1. The molecule has 1 amide bonds. The highest BCUT2D eigenvalue weighted by Gasteiger charge is 2.47. The van der Waals surface area contributed by atoms with Gasteiger partial charge in [-0.3, -0.25) is 4.79 Å². The SMILES string of the molecule is Cc1nc(CCNC(=O)C2CC3CC3C2)no1. The molecule has 0 spiro atoms. The molecule has 1 aromatic heterocycles. The van der Waals surface area contributed by atoms with Crippen molar-refractivity contribution in [3.8, 4) is 0 Å². The van der Waals surface area contributed by atoms with Gasteiger partial charge < -0.3 is 9.84 Å². The average Bonchev–Trinajstić information content (AvgIpc) is 2.74. The van der Waals surface area contributed by atoms with Crippen molar-refractivity contribution in [1.82, 2.24) is 15.5 Å². The molecule has 1 N–H and O–H groups in total. The van der Waals surface area contributed by atoms with Crippen molar-refractivity contribution in [2.45, 2.75) is 32.6 Å². The van der Waals surface area contributed by atoms with Gasteiger partial charge >= 0.3 is 0 Å². The number of rotatable bonds is 4. The maximum atomic E-state index is 11.8. The summed E-state index contributed by atoms with van der Waals surface area (Å²) in [5.74, 6) is 3.40. The molecule has 2 fully saturated rings. The number of aromatic nitrogens is 2. The molecule has 2 unspecified atom stereocenters. The fourth-order valence-corrected chi connectivity index (χ4v) is 2.81. The van der Waals surface area contributed by atoms with Crippen molar-refractivity contribution in [2.24, 2.45) is 17.8 Å². The van der Waals surface area contributed by atoms with E-state index in [0.717, 1.165) is 24.7 Å². The van der Waals surface area contributed by atoms with E-state index < -0.39 is 0 Å². The van der Waals surface area contributed by atoms with Crippen LogP contribution in [0.15, 0.2) is 4.52 Å². The van der Waals surface area contributed by atoms with Crippen molar-refractivity contribution in [1.29, 1.82) is 0 Å². The van der Waals surface area contributed by atoms with Crippen LogP contribution in [0.2, 0.25) is 0 Å². The lowest BCUT2D eigenvalue weighted by molar-refractivity contribution is -0.125. The van der Waals surface area contributed by atoms with E-state index in [-0.39, 0.29) is 11.8 Å². The van der Waals surface area contributed by atoms with Gasteiger partial charge in [0.05, 0.1) is 0 Å². The van der Waals surface area contributed by atoms with Gasteiger partial charge in [-0.25, -0.2) is 0 Å². The number of hydrogen-bond acceptors (Lipinski definition) is 4. The first kappa shape index (κ1) is 10.7. The van der Waals surface area contributed by atoms with Gasteiger partial charge in [0.15, 0.2) is 5.82 Å². The van der Waals surface area contributed by atoms with E-state index in [1.807, 2.05) is 0 Å². The lowest BCUT2D eigenvalue weighted by Gasteiger charge is -2.11. The summed E-state index contributed by atoms with van der Waals surface area (Å²) >= 11 is 0. The molecule has 1 heterocycles. The summed E-state index contributed by atoms with van der Waals surface area (Å²) in [7, 11) is 0. The third kappa shape index (κ3) is 2.33. The number of carbonyl (C=O) groups is 1. The van der Waals surface area contributed by atoms with Crippen LogP contribution < -0.4 is 5.32 Å². The summed E-state index contributed by atoms with van der Waals surface area (Å²) in [4.78, 5) is 15.9. The molecule has 5 nitrogen and oxygen atoms in total. The van der Waals surface area contributed by atoms with Crippen molar-refractivity contribution in [3.05, 3.63) is 11.7 Å². The van der Waals surface area contributed by atoms with Gasteiger partial charge in [0, 0.05) is 25.8 Å². The number of fused-ring (bicyclic) bond motifs is 1. The van der Waals surface area contributed by atoms with Crippen LogP contribution in [0.1, 0.15) is 31.0 Å². The quantitative estimate of drug-likeness (QED) is 0.848. The first-order chi connectivity index (χ1) is 8.22. The van der Waals surface area contributed by atoms with Crippen LogP contribution in [0.3, 0.4) is 0 Å². The van der Waals surface area contributed by atoms with Gasteiger partial charge in [-0.2, -0.15) is 4.98 Å². The van der Waals surface area contributed by atoms with E-state index in [9.17, 15) is 4.79 Å². The molecule has 0 aromatic carbocycles. The Morgan fingerprint density at radius 3 is 2.82 bits per heavy atom. The highest BCUT2D eigenvalue weighted by Crippen LogP contribution is 2.54. The van der Waals surface area contributed by atoms with Crippen LogP contribution in [-0.2, 0) is 11.2 Å². The lowest BCUT2D eigenvalue weighted by atomic mass is 10.0. The highest BCUT2D eigenvalue weighted by atomic mass is 16.5. The van der Waals surface area contributed by atoms with E-state index in [2.05, 4.69) is 15.5 Å². The van der Waals surface area contributed by atoms with Crippen LogP contribution >= 0.6 is 0 Å².